The van der Waals surface area contributed by atoms with Crippen molar-refractivity contribution in [2.45, 2.75) is 38.1 Å². The van der Waals surface area contributed by atoms with Crippen molar-refractivity contribution in [3.63, 3.8) is 0 Å². The maximum absolute atomic E-state index is 12.8. The normalized spacial score (nSPS) is 11.7. The number of nitrogens with one attached hydrogen (secondary N) is 2. The van der Waals surface area contributed by atoms with E-state index >= 15 is 0 Å². The monoisotopic (exact) mass is 567 g/mol. The summed E-state index contributed by atoms with van der Waals surface area (Å²) in [7, 11) is 0. The molecule has 0 unspecified atom stereocenters. The fourth-order valence-electron chi connectivity index (χ4n) is 3.46. The zero-order valence-corrected chi connectivity index (χ0v) is 21.1. The summed E-state index contributed by atoms with van der Waals surface area (Å²) in [5, 5.41) is 23.3. The van der Waals surface area contributed by atoms with Crippen molar-refractivity contribution in [2.24, 2.45) is 0 Å². The lowest BCUT2D eigenvalue weighted by Gasteiger charge is -2.22. The molecule has 3 amide bonds. The zero-order chi connectivity index (χ0) is 29.7. The zero-order valence-electron chi connectivity index (χ0n) is 21.1. The van der Waals surface area contributed by atoms with Crippen molar-refractivity contribution in [1.82, 2.24) is 15.5 Å². The highest BCUT2D eigenvalue weighted by atomic mass is 19.4. The highest BCUT2D eigenvalue weighted by molar-refractivity contribution is 5.98. The van der Waals surface area contributed by atoms with Crippen LogP contribution >= 0.6 is 0 Å². The van der Waals surface area contributed by atoms with E-state index in [-0.39, 0.29) is 31.6 Å². The summed E-state index contributed by atoms with van der Waals surface area (Å²) in [4.78, 5) is 60.2. The number of aliphatic carboxylic acids is 2. The molecule has 0 aliphatic heterocycles. The Labute approximate surface area is 226 Å². The van der Waals surface area contributed by atoms with E-state index in [1.165, 1.54) is 0 Å². The molecule has 0 bridgehead atoms. The topological polar surface area (TPSA) is 162 Å². The minimum atomic E-state index is -4.64. The third-order valence-corrected chi connectivity index (χ3v) is 5.44. The average Bonchev–Trinajstić information content (AvgIpc) is 2.90. The number of rotatable bonds is 14. The van der Waals surface area contributed by atoms with E-state index in [1.807, 2.05) is 6.07 Å². The molecule has 0 saturated carbocycles. The number of halogens is 3. The molecular weight excluding hydrogens is 539 g/mol. The number of unbranched alkanes of at least 4 members (excludes halogenated alkanes) is 1. The third kappa shape index (κ3) is 11.0. The van der Waals surface area contributed by atoms with Crippen LogP contribution in [0.1, 0.15) is 40.7 Å². The van der Waals surface area contributed by atoms with Gasteiger partial charge >= 0.3 is 24.2 Å². The largest absolute Gasteiger partial charge is 0.480 e. The Morgan fingerprint density at radius 3 is 2.12 bits per heavy atom. The Bertz CT molecular complexity index is 1170. The lowest BCUT2D eigenvalue weighted by Crippen LogP contribution is -2.48. The van der Waals surface area contributed by atoms with Crippen molar-refractivity contribution < 1.29 is 52.1 Å². The number of hydrogen-bond acceptors (Lipinski definition) is 6. The van der Waals surface area contributed by atoms with E-state index in [0.717, 1.165) is 17.7 Å². The van der Waals surface area contributed by atoms with Gasteiger partial charge in [-0.3, -0.25) is 14.4 Å². The number of hydrogen-bond donors (Lipinski definition) is 4. The van der Waals surface area contributed by atoms with Crippen LogP contribution < -0.4 is 10.6 Å². The second-order valence-corrected chi connectivity index (χ2v) is 8.57. The van der Waals surface area contributed by atoms with Gasteiger partial charge in [0, 0.05) is 12.1 Å². The number of benzene rings is 2. The predicted molar refractivity (Wildman–Crippen MR) is 133 cm³/mol. The fraction of sp³-hybridized carbons (Fsp3) is 0.346. The molecule has 0 spiro atoms. The number of nitrogens with zero attached hydrogens (tertiary/aromatic N) is 1. The van der Waals surface area contributed by atoms with Crippen molar-refractivity contribution in [3.8, 4) is 0 Å². The predicted octanol–water partition coefficient (Wildman–Crippen LogP) is 2.90. The van der Waals surface area contributed by atoms with Crippen LogP contribution in [0.3, 0.4) is 0 Å². The fourth-order valence-corrected chi connectivity index (χ4v) is 3.46. The SMILES string of the molecule is O=C(O)CN(CC(=O)N[C@H](CCCCNC(=O)OCc1ccccc1)C(=O)O)C(=O)c1ccc(C(F)(F)F)cc1. The second kappa shape index (κ2) is 15.1. The molecule has 40 heavy (non-hydrogen) atoms. The summed E-state index contributed by atoms with van der Waals surface area (Å²) >= 11 is 0. The first kappa shape index (κ1) is 31.6. The van der Waals surface area contributed by atoms with Gasteiger partial charge in [-0.05, 0) is 49.1 Å². The molecule has 2 aromatic rings. The van der Waals surface area contributed by atoms with Crippen molar-refractivity contribution in [2.75, 3.05) is 19.6 Å². The molecule has 11 nitrogen and oxygen atoms in total. The van der Waals surface area contributed by atoms with Crippen molar-refractivity contribution in [1.29, 1.82) is 0 Å². The van der Waals surface area contributed by atoms with Gasteiger partial charge in [-0.1, -0.05) is 30.3 Å². The molecule has 0 aromatic heterocycles. The first-order valence-electron chi connectivity index (χ1n) is 12.0. The molecule has 1 atom stereocenters. The molecular formula is C26H28F3N3O8. The van der Waals surface area contributed by atoms with Gasteiger partial charge in [-0.2, -0.15) is 13.2 Å². The van der Waals surface area contributed by atoms with E-state index < -0.39 is 60.7 Å². The van der Waals surface area contributed by atoms with Gasteiger partial charge in [0.25, 0.3) is 5.91 Å². The quantitative estimate of drug-likeness (QED) is 0.253. The maximum atomic E-state index is 12.8. The Morgan fingerprint density at radius 2 is 1.55 bits per heavy atom. The van der Waals surface area contributed by atoms with Crippen LogP contribution in [0.5, 0.6) is 0 Å². The van der Waals surface area contributed by atoms with Gasteiger partial charge in [-0.25, -0.2) is 9.59 Å². The molecule has 2 rings (SSSR count). The number of amides is 3. The summed E-state index contributed by atoms with van der Waals surface area (Å²) in [6, 6.07) is 10.6. The van der Waals surface area contributed by atoms with E-state index in [0.29, 0.717) is 23.5 Å². The van der Waals surface area contributed by atoms with E-state index in [1.54, 1.807) is 24.3 Å². The van der Waals surface area contributed by atoms with Gasteiger partial charge in [0.05, 0.1) is 5.56 Å². The van der Waals surface area contributed by atoms with Crippen LogP contribution in [0, 0.1) is 0 Å². The molecule has 0 saturated heterocycles. The van der Waals surface area contributed by atoms with Gasteiger partial charge in [0.1, 0.15) is 25.7 Å². The molecule has 2 aromatic carbocycles. The molecule has 0 aliphatic rings. The van der Waals surface area contributed by atoms with Crippen LogP contribution in [0.25, 0.3) is 0 Å². The molecule has 14 heteroatoms. The molecule has 0 radical (unpaired) electrons. The second-order valence-electron chi connectivity index (χ2n) is 8.57. The minimum Gasteiger partial charge on any atom is -0.480 e. The molecule has 0 fully saturated rings. The van der Waals surface area contributed by atoms with E-state index in [4.69, 9.17) is 9.84 Å². The highest BCUT2D eigenvalue weighted by Gasteiger charge is 2.31. The van der Waals surface area contributed by atoms with Gasteiger partial charge in [0.15, 0.2) is 0 Å². The molecule has 4 N–H and O–H groups in total. The van der Waals surface area contributed by atoms with Crippen LogP contribution in [-0.4, -0.2) is 70.6 Å². The summed E-state index contributed by atoms with van der Waals surface area (Å²) in [6.45, 7) is -1.52. The third-order valence-electron chi connectivity index (χ3n) is 5.44. The summed E-state index contributed by atoms with van der Waals surface area (Å²) in [5.41, 5.74) is -0.498. The Hall–Kier alpha value is -4.62. The van der Waals surface area contributed by atoms with Crippen molar-refractivity contribution >= 4 is 29.8 Å². The standard InChI is InChI=1S/C26H28F3N3O8/c27-26(28,29)19-11-9-18(10-12-19)23(36)32(15-22(34)35)14-21(33)31-20(24(37)38)8-4-5-13-30-25(39)40-16-17-6-2-1-3-7-17/h1-3,6-7,9-12,20H,4-5,8,13-16H2,(H,30,39)(H,31,33)(H,34,35)(H,37,38)/t20-/m1/s1. The van der Waals surface area contributed by atoms with Crippen LogP contribution in [0.4, 0.5) is 18.0 Å². The van der Waals surface area contributed by atoms with E-state index in [2.05, 4.69) is 10.6 Å². The first-order chi connectivity index (χ1) is 18.9. The minimum absolute atomic E-state index is 0.0341. The smallest absolute Gasteiger partial charge is 0.416 e. The molecule has 216 valence electrons. The Kier molecular flexibility index (Phi) is 11.9. The van der Waals surface area contributed by atoms with Gasteiger partial charge in [-0.15, -0.1) is 0 Å². The lowest BCUT2D eigenvalue weighted by molar-refractivity contribution is -0.142. The molecule has 0 heterocycles. The number of carbonyl (C=O) groups is 5. The summed E-state index contributed by atoms with van der Waals surface area (Å²) in [6.07, 6.45) is -4.69. The summed E-state index contributed by atoms with van der Waals surface area (Å²) in [5.74, 6) is -4.86. The van der Waals surface area contributed by atoms with Crippen molar-refractivity contribution in [3.05, 3.63) is 71.3 Å². The Morgan fingerprint density at radius 1 is 0.900 bits per heavy atom. The van der Waals surface area contributed by atoms with Crippen LogP contribution in [0.2, 0.25) is 0 Å². The number of carbonyl (C=O) groups excluding carboxylic acids is 3. The highest BCUT2D eigenvalue weighted by Crippen LogP contribution is 2.29. The lowest BCUT2D eigenvalue weighted by atomic mass is 10.1. The first-order valence-corrected chi connectivity index (χ1v) is 12.0. The number of alkyl carbamates (subject to hydrolysis) is 1. The Balaban J connectivity index is 1.84. The number of ether oxygens (including phenoxy) is 1. The average molecular weight is 568 g/mol. The van der Waals surface area contributed by atoms with E-state index in [9.17, 15) is 42.3 Å². The van der Waals surface area contributed by atoms with Crippen LogP contribution in [0.15, 0.2) is 54.6 Å². The summed E-state index contributed by atoms with van der Waals surface area (Å²) < 4.78 is 43.4. The molecule has 0 aliphatic carbocycles. The number of carboxylic acids is 2. The van der Waals surface area contributed by atoms with Crippen LogP contribution in [-0.2, 0) is 31.9 Å². The number of alkyl halides is 3. The maximum Gasteiger partial charge on any atom is 0.416 e. The van der Waals surface area contributed by atoms with Gasteiger partial charge < -0.3 is 30.5 Å². The van der Waals surface area contributed by atoms with Gasteiger partial charge in [0.2, 0.25) is 5.91 Å². The number of carboxylic acid groups (broad SMARTS) is 2.